The Kier molecular flexibility index (Phi) is 6.02. The van der Waals surface area contributed by atoms with Crippen LogP contribution in [0.1, 0.15) is 16.7 Å². The van der Waals surface area contributed by atoms with E-state index in [4.69, 9.17) is 4.74 Å². The van der Waals surface area contributed by atoms with Gasteiger partial charge >= 0.3 is 0 Å². The lowest BCUT2D eigenvalue weighted by Gasteiger charge is -2.21. The number of hydrogen-bond donors (Lipinski definition) is 1. The lowest BCUT2D eigenvalue weighted by atomic mass is 10.1. The van der Waals surface area contributed by atoms with E-state index in [0.29, 0.717) is 6.54 Å². The number of rotatable bonds is 6. The summed E-state index contributed by atoms with van der Waals surface area (Å²) in [6, 6.07) is 16.1. The molecule has 0 saturated heterocycles. The van der Waals surface area contributed by atoms with Crippen molar-refractivity contribution < 1.29 is 9.53 Å². The third kappa shape index (κ3) is 4.60. The van der Waals surface area contributed by atoms with Gasteiger partial charge in [0.25, 0.3) is 0 Å². The molecule has 4 rings (SSSR count). The second kappa shape index (κ2) is 9.04. The van der Waals surface area contributed by atoms with Crippen molar-refractivity contribution in [2.24, 2.45) is 0 Å². The topological polar surface area (TPSA) is 70.6 Å². The van der Waals surface area contributed by atoms with Gasteiger partial charge in [0.15, 0.2) is 0 Å². The van der Waals surface area contributed by atoms with Gasteiger partial charge in [0.2, 0.25) is 5.91 Å². The summed E-state index contributed by atoms with van der Waals surface area (Å²) < 4.78 is 5.22. The Morgan fingerprint density at radius 1 is 1.03 bits per heavy atom. The maximum Gasteiger partial charge on any atom is 0.246 e. The Morgan fingerprint density at radius 3 is 2.48 bits per heavy atom. The molecule has 0 spiro atoms. The van der Waals surface area contributed by atoms with Gasteiger partial charge in [-0.1, -0.05) is 29.8 Å². The molecule has 2 heterocycles. The minimum Gasteiger partial charge on any atom is -0.497 e. The highest BCUT2D eigenvalue weighted by Gasteiger charge is 2.28. The van der Waals surface area contributed by atoms with E-state index >= 15 is 0 Å². The van der Waals surface area contributed by atoms with Crippen molar-refractivity contribution in [3.8, 4) is 5.75 Å². The summed E-state index contributed by atoms with van der Waals surface area (Å²) in [6.45, 7) is 3.45. The monoisotopic (exact) mass is 417 g/mol. The Balaban J connectivity index is 1.55. The van der Waals surface area contributed by atoms with Gasteiger partial charge < -0.3 is 19.9 Å². The molecule has 2 aromatic carbocycles. The van der Waals surface area contributed by atoms with Crippen LogP contribution in [-0.2, 0) is 17.8 Å². The van der Waals surface area contributed by atoms with E-state index in [-0.39, 0.29) is 12.5 Å². The van der Waals surface area contributed by atoms with Crippen molar-refractivity contribution in [1.82, 2.24) is 9.97 Å². The number of hydrogen-bond acceptors (Lipinski definition) is 6. The molecule has 1 aromatic heterocycles. The Morgan fingerprint density at radius 2 is 1.77 bits per heavy atom. The second-order valence-electron chi connectivity index (χ2n) is 7.72. The first-order valence-corrected chi connectivity index (χ1v) is 10.3. The van der Waals surface area contributed by atoms with Gasteiger partial charge in [-0.15, -0.1) is 0 Å². The molecule has 31 heavy (non-hydrogen) atoms. The number of amides is 1. The summed E-state index contributed by atoms with van der Waals surface area (Å²) in [7, 11) is 3.56. The number of fused-ring (bicyclic) bond motifs is 1. The first-order valence-electron chi connectivity index (χ1n) is 10.3. The smallest absolute Gasteiger partial charge is 0.246 e. The molecular weight excluding hydrogens is 390 g/mol. The molecule has 1 aliphatic rings. The summed E-state index contributed by atoms with van der Waals surface area (Å²) in [5, 5.41) is 3.45. The van der Waals surface area contributed by atoms with E-state index in [0.717, 1.165) is 47.2 Å². The highest BCUT2D eigenvalue weighted by atomic mass is 16.5. The van der Waals surface area contributed by atoms with Crippen LogP contribution in [0.3, 0.4) is 0 Å². The summed E-state index contributed by atoms with van der Waals surface area (Å²) in [6.07, 6.45) is 2.40. The number of benzene rings is 2. The summed E-state index contributed by atoms with van der Waals surface area (Å²) >= 11 is 0. The fraction of sp³-hybridized carbons (Fsp3) is 0.292. The van der Waals surface area contributed by atoms with Crippen molar-refractivity contribution in [3.63, 3.8) is 0 Å². The predicted molar refractivity (Wildman–Crippen MR) is 123 cm³/mol. The maximum absolute atomic E-state index is 12.9. The van der Waals surface area contributed by atoms with Gasteiger partial charge in [-0.2, -0.15) is 0 Å². The van der Waals surface area contributed by atoms with E-state index in [1.54, 1.807) is 18.3 Å². The Labute approximate surface area is 182 Å². The van der Waals surface area contributed by atoms with Gasteiger partial charge in [-0.25, -0.2) is 9.97 Å². The molecule has 1 amide bonds. The minimum absolute atomic E-state index is 0.0357. The minimum atomic E-state index is 0.0357. The van der Waals surface area contributed by atoms with Crippen molar-refractivity contribution in [1.29, 1.82) is 0 Å². The largest absolute Gasteiger partial charge is 0.497 e. The van der Waals surface area contributed by atoms with Gasteiger partial charge in [0, 0.05) is 19.3 Å². The summed E-state index contributed by atoms with van der Waals surface area (Å²) in [4.78, 5) is 25.6. The maximum atomic E-state index is 12.9. The number of ether oxygens (including phenoxy) is 1. The average molecular weight is 418 g/mol. The van der Waals surface area contributed by atoms with Crippen LogP contribution in [0, 0.1) is 6.92 Å². The lowest BCUT2D eigenvalue weighted by Crippen LogP contribution is -2.35. The molecule has 160 valence electrons. The molecule has 0 radical (unpaired) electrons. The molecule has 7 heteroatoms. The van der Waals surface area contributed by atoms with Crippen molar-refractivity contribution in [2.45, 2.75) is 19.9 Å². The van der Waals surface area contributed by atoms with Gasteiger partial charge in [-0.3, -0.25) is 4.79 Å². The molecule has 0 fully saturated rings. The standard InChI is InChI=1S/C24H27N5O2/c1-17-4-8-19(9-5-17)29-14-21-23(26-16-27-24(21)28(2)15-22(29)30)25-13-12-18-6-10-20(31-3)11-7-18/h4-11,16H,12-15H2,1-3H3,(H,25,26,27). The van der Waals surface area contributed by atoms with E-state index in [1.165, 1.54) is 5.56 Å². The zero-order valence-electron chi connectivity index (χ0n) is 18.1. The highest BCUT2D eigenvalue weighted by molar-refractivity contribution is 5.97. The molecule has 3 aromatic rings. The fourth-order valence-electron chi connectivity index (χ4n) is 3.72. The number of carbonyl (C=O) groups excluding carboxylic acids is 1. The van der Waals surface area contributed by atoms with Crippen LogP contribution in [0.2, 0.25) is 0 Å². The zero-order valence-corrected chi connectivity index (χ0v) is 18.1. The number of likely N-dealkylation sites (N-methyl/N-ethyl adjacent to an activating group) is 1. The molecule has 0 saturated carbocycles. The van der Waals surface area contributed by atoms with Gasteiger partial charge in [0.05, 0.1) is 25.8 Å². The number of carbonyl (C=O) groups is 1. The number of anilines is 3. The normalized spacial score (nSPS) is 13.6. The third-order valence-corrected chi connectivity index (χ3v) is 5.48. The molecule has 0 bridgehead atoms. The SMILES string of the molecule is COc1ccc(CCNc2ncnc3c2CN(c2ccc(C)cc2)C(=O)CN3C)cc1. The van der Waals surface area contributed by atoms with Crippen LogP contribution in [-0.4, -0.2) is 43.1 Å². The van der Waals surface area contributed by atoms with Crippen LogP contribution in [0.25, 0.3) is 0 Å². The molecule has 1 N–H and O–H groups in total. The quantitative estimate of drug-likeness (QED) is 0.663. The van der Waals surface area contributed by atoms with Crippen molar-refractivity contribution in [3.05, 3.63) is 71.5 Å². The van der Waals surface area contributed by atoms with E-state index in [2.05, 4.69) is 27.4 Å². The highest BCUT2D eigenvalue weighted by Crippen LogP contribution is 2.30. The first kappa shape index (κ1) is 20.7. The third-order valence-electron chi connectivity index (χ3n) is 5.48. The van der Waals surface area contributed by atoms with Crippen molar-refractivity contribution >= 4 is 23.2 Å². The molecule has 1 aliphatic heterocycles. The van der Waals surface area contributed by atoms with Crippen LogP contribution in [0.4, 0.5) is 17.3 Å². The Bertz CT molecular complexity index is 1050. The molecule has 0 aliphatic carbocycles. The summed E-state index contributed by atoms with van der Waals surface area (Å²) in [5.74, 6) is 2.43. The molecule has 0 atom stereocenters. The lowest BCUT2D eigenvalue weighted by molar-refractivity contribution is -0.117. The van der Waals surface area contributed by atoms with Crippen LogP contribution in [0.5, 0.6) is 5.75 Å². The number of nitrogens with zero attached hydrogens (tertiary/aromatic N) is 4. The van der Waals surface area contributed by atoms with E-state index < -0.39 is 0 Å². The number of nitrogens with one attached hydrogen (secondary N) is 1. The molecule has 0 unspecified atom stereocenters. The number of aromatic nitrogens is 2. The number of aryl methyl sites for hydroxylation is 1. The molecular formula is C24H27N5O2. The first-order chi connectivity index (χ1) is 15.0. The van der Waals surface area contributed by atoms with E-state index in [9.17, 15) is 4.79 Å². The zero-order chi connectivity index (χ0) is 21.8. The van der Waals surface area contributed by atoms with E-state index in [1.807, 2.05) is 55.3 Å². The van der Waals surface area contributed by atoms with Crippen LogP contribution < -0.4 is 19.9 Å². The van der Waals surface area contributed by atoms with Crippen LogP contribution >= 0.6 is 0 Å². The predicted octanol–water partition coefficient (Wildman–Crippen LogP) is 3.43. The fourth-order valence-corrected chi connectivity index (χ4v) is 3.72. The second-order valence-corrected chi connectivity index (χ2v) is 7.72. The molecule has 7 nitrogen and oxygen atoms in total. The Hall–Kier alpha value is -3.61. The van der Waals surface area contributed by atoms with Crippen LogP contribution in [0.15, 0.2) is 54.9 Å². The summed E-state index contributed by atoms with van der Waals surface area (Å²) in [5.41, 5.74) is 4.17. The number of methoxy groups -OCH3 is 1. The van der Waals surface area contributed by atoms with Gasteiger partial charge in [-0.05, 0) is 43.2 Å². The van der Waals surface area contributed by atoms with Gasteiger partial charge in [0.1, 0.15) is 23.7 Å². The average Bonchev–Trinajstić information content (AvgIpc) is 2.91. The van der Waals surface area contributed by atoms with Crippen molar-refractivity contribution in [2.75, 3.05) is 42.4 Å².